The lowest BCUT2D eigenvalue weighted by atomic mass is 10.1. The van der Waals surface area contributed by atoms with Crippen molar-refractivity contribution in [2.45, 2.75) is 66.1 Å². The summed E-state index contributed by atoms with van der Waals surface area (Å²) in [6, 6.07) is 7.24. The van der Waals surface area contributed by atoms with Gasteiger partial charge in [0, 0.05) is 37.0 Å². The highest BCUT2D eigenvalue weighted by Gasteiger charge is 2.22. The van der Waals surface area contributed by atoms with Gasteiger partial charge in [-0.1, -0.05) is 6.92 Å². The molecular formula is C23H33N3O4S. The Morgan fingerprint density at radius 3 is 2.48 bits per heavy atom. The van der Waals surface area contributed by atoms with Gasteiger partial charge in [0.1, 0.15) is 18.0 Å². The number of amides is 2. The van der Waals surface area contributed by atoms with Crippen molar-refractivity contribution in [1.82, 2.24) is 9.88 Å². The topological polar surface area (TPSA) is 80.8 Å². The molecule has 2 rings (SSSR count). The van der Waals surface area contributed by atoms with E-state index in [4.69, 9.17) is 14.5 Å². The fraction of sp³-hybridized carbons (Fsp3) is 0.522. The summed E-state index contributed by atoms with van der Waals surface area (Å²) in [6.07, 6.45) is 0.533. The van der Waals surface area contributed by atoms with E-state index >= 15 is 0 Å². The van der Waals surface area contributed by atoms with Crippen molar-refractivity contribution >= 4 is 29.0 Å². The fourth-order valence-corrected chi connectivity index (χ4v) is 3.69. The number of anilines is 1. The standard InChI is InChI=1S/C23H33N3O4S/c1-7-26(22(28)30-23(4,5)6)13-12-16(2)21-25-19(15-31-21)14-29-20-10-8-18(9-11-20)24-17(3)27/h8-11,15-16H,7,12-14H2,1-6H3,(H,24,27). The van der Waals surface area contributed by atoms with E-state index in [2.05, 4.69) is 12.2 Å². The first-order chi connectivity index (χ1) is 14.6. The van der Waals surface area contributed by atoms with Crippen LogP contribution in [0.4, 0.5) is 10.5 Å². The Hall–Kier alpha value is -2.61. The van der Waals surface area contributed by atoms with Gasteiger partial charge >= 0.3 is 6.09 Å². The Balaban J connectivity index is 1.84. The molecule has 31 heavy (non-hydrogen) atoms. The number of hydrogen-bond acceptors (Lipinski definition) is 6. The number of benzene rings is 1. The summed E-state index contributed by atoms with van der Waals surface area (Å²) in [6.45, 7) is 12.8. The minimum atomic E-state index is -0.495. The van der Waals surface area contributed by atoms with Gasteiger partial charge in [0.05, 0.1) is 10.7 Å². The third kappa shape index (κ3) is 8.57. The van der Waals surface area contributed by atoms with Gasteiger partial charge in [-0.15, -0.1) is 11.3 Å². The van der Waals surface area contributed by atoms with Crippen molar-refractivity contribution in [3.05, 3.63) is 40.3 Å². The summed E-state index contributed by atoms with van der Waals surface area (Å²) < 4.78 is 11.3. The van der Waals surface area contributed by atoms with E-state index in [-0.39, 0.29) is 17.9 Å². The van der Waals surface area contributed by atoms with E-state index < -0.39 is 5.60 Å². The maximum atomic E-state index is 12.3. The average molecular weight is 448 g/mol. The molecule has 0 fully saturated rings. The highest BCUT2D eigenvalue weighted by atomic mass is 32.1. The van der Waals surface area contributed by atoms with Crippen molar-refractivity contribution in [3.63, 3.8) is 0 Å². The van der Waals surface area contributed by atoms with Crippen LogP contribution in [0.5, 0.6) is 5.75 Å². The van der Waals surface area contributed by atoms with Crippen LogP contribution in [0, 0.1) is 0 Å². The largest absolute Gasteiger partial charge is 0.487 e. The molecule has 2 aromatic rings. The first kappa shape index (κ1) is 24.7. The first-order valence-electron chi connectivity index (χ1n) is 10.5. The molecule has 170 valence electrons. The van der Waals surface area contributed by atoms with Gasteiger partial charge in [-0.3, -0.25) is 4.79 Å². The number of nitrogens with one attached hydrogen (secondary N) is 1. The van der Waals surface area contributed by atoms with E-state index in [1.807, 2.05) is 45.2 Å². The molecule has 8 heteroatoms. The summed E-state index contributed by atoms with van der Waals surface area (Å²) >= 11 is 1.61. The zero-order valence-corrected chi connectivity index (χ0v) is 20.0. The number of carbonyl (C=O) groups excluding carboxylic acids is 2. The summed E-state index contributed by atoms with van der Waals surface area (Å²) in [7, 11) is 0. The van der Waals surface area contributed by atoms with E-state index in [1.165, 1.54) is 6.92 Å². The van der Waals surface area contributed by atoms with Crippen molar-refractivity contribution in [2.24, 2.45) is 0 Å². The minimum Gasteiger partial charge on any atom is -0.487 e. The van der Waals surface area contributed by atoms with Gasteiger partial charge in [0.25, 0.3) is 0 Å². The SMILES string of the molecule is CCN(CCC(C)c1nc(COc2ccc(NC(C)=O)cc2)cs1)C(=O)OC(C)(C)C. The monoisotopic (exact) mass is 447 g/mol. The Morgan fingerprint density at radius 1 is 1.23 bits per heavy atom. The Kier molecular flexibility index (Phi) is 8.86. The fourth-order valence-electron chi connectivity index (χ4n) is 2.79. The maximum absolute atomic E-state index is 12.3. The predicted octanol–water partition coefficient (Wildman–Crippen LogP) is 5.43. The quantitative estimate of drug-likeness (QED) is 0.554. The smallest absolute Gasteiger partial charge is 0.410 e. The molecule has 1 aromatic carbocycles. The van der Waals surface area contributed by atoms with Crippen LogP contribution in [-0.4, -0.2) is 40.6 Å². The second kappa shape index (κ2) is 11.1. The molecule has 0 radical (unpaired) electrons. The molecule has 1 unspecified atom stereocenters. The van der Waals surface area contributed by atoms with E-state index in [9.17, 15) is 9.59 Å². The molecule has 0 aliphatic heterocycles. The van der Waals surface area contributed by atoms with Crippen LogP contribution in [0.25, 0.3) is 0 Å². The minimum absolute atomic E-state index is 0.106. The van der Waals surface area contributed by atoms with Crippen LogP contribution in [0.2, 0.25) is 0 Å². The normalized spacial score (nSPS) is 12.2. The number of nitrogens with zero attached hydrogens (tertiary/aromatic N) is 2. The summed E-state index contributed by atoms with van der Waals surface area (Å²) in [5.74, 6) is 0.839. The van der Waals surface area contributed by atoms with Gasteiger partial charge in [-0.25, -0.2) is 9.78 Å². The van der Waals surface area contributed by atoms with E-state index in [1.54, 1.807) is 28.4 Å². The lowest BCUT2D eigenvalue weighted by Crippen LogP contribution is -2.37. The highest BCUT2D eigenvalue weighted by molar-refractivity contribution is 7.09. The molecule has 0 spiro atoms. The third-order valence-corrected chi connectivity index (χ3v) is 5.54. The first-order valence-corrected chi connectivity index (χ1v) is 11.4. The number of hydrogen-bond donors (Lipinski definition) is 1. The van der Waals surface area contributed by atoms with Crippen molar-refractivity contribution in [2.75, 3.05) is 18.4 Å². The highest BCUT2D eigenvalue weighted by Crippen LogP contribution is 2.25. The predicted molar refractivity (Wildman–Crippen MR) is 124 cm³/mol. The van der Waals surface area contributed by atoms with Crippen LogP contribution in [0.1, 0.15) is 64.6 Å². The van der Waals surface area contributed by atoms with Gasteiger partial charge in [-0.05, 0) is 58.4 Å². The Morgan fingerprint density at radius 2 is 1.90 bits per heavy atom. The average Bonchev–Trinajstić information content (AvgIpc) is 3.15. The zero-order chi connectivity index (χ0) is 23.0. The number of thiazole rings is 1. The summed E-state index contributed by atoms with van der Waals surface area (Å²) in [5, 5.41) is 5.76. The molecule has 0 saturated carbocycles. The number of ether oxygens (including phenoxy) is 2. The zero-order valence-electron chi connectivity index (χ0n) is 19.2. The molecule has 1 N–H and O–H groups in total. The molecule has 0 aliphatic carbocycles. The molecule has 2 amide bonds. The van der Waals surface area contributed by atoms with Crippen LogP contribution >= 0.6 is 11.3 Å². The van der Waals surface area contributed by atoms with Crippen LogP contribution in [0.15, 0.2) is 29.6 Å². The molecule has 0 aliphatic rings. The third-order valence-electron chi connectivity index (χ3n) is 4.42. The second-order valence-corrected chi connectivity index (χ2v) is 9.31. The number of aromatic nitrogens is 1. The lowest BCUT2D eigenvalue weighted by molar-refractivity contribution is -0.114. The molecule has 1 heterocycles. The lowest BCUT2D eigenvalue weighted by Gasteiger charge is -2.27. The second-order valence-electron chi connectivity index (χ2n) is 8.42. The van der Waals surface area contributed by atoms with Crippen molar-refractivity contribution in [3.8, 4) is 5.75 Å². The molecule has 0 saturated heterocycles. The van der Waals surface area contributed by atoms with Gasteiger partial charge in [0.2, 0.25) is 5.91 Å². The van der Waals surface area contributed by atoms with Gasteiger partial charge < -0.3 is 19.7 Å². The molecule has 7 nitrogen and oxygen atoms in total. The van der Waals surface area contributed by atoms with Crippen LogP contribution in [0.3, 0.4) is 0 Å². The van der Waals surface area contributed by atoms with E-state index in [0.29, 0.717) is 25.4 Å². The Labute approximate surface area is 188 Å². The van der Waals surface area contributed by atoms with Gasteiger partial charge in [-0.2, -0.15) is 0 Å². The van der Waals surface area contributed by atoms with Crippen molar-refractivity contribution in [1.29, 1.82) is 0 Å². The molecule has 1 atom stereocenters. The molecule has 0 bridgehead atoms. The maximum Gasteiger partial charge on any atom is 0.410 e. The van der Waals surface area contributed by atoms with Crippen LogP contribution < -0.4 is 10.1 Å². The van der Waals surface area contributed by atoms with Gasteiger partial charge in [0.15, 0.2) is 0 Å². The molecule has 1 aromatic heterocycles. The summed E-state index contributed by atoms with van der Waals surface area (Å²) in [4.78, 5) is 29.8. The number of carbonyl (C=O) groups is 2. The Bertz CT molecular complexity index is 858. The van der Waals surface area contributed by atoms with Crippen LogP contribution in [-0.2, 0) is 16.1 Å². The van der Waals surface area contributed by atoms with E-state index in [0.717, 1.165) is 22.8 Å². The number of rotatable bonds is 9. The molecular weight excluding hydrogens is 414 g/mol. The summed E-state index contributed by atoms with van der Waals surface area (Å²) in [5.41, 5.74) is 1.11. The van der Waals surface area contributed by atoms with Crippen molar-refractivity contribution < 1.29 is 19.1 Å².